The molecule has 0 aliphatic carbocycles. The summed E-state index contributed by atoms with van der Waals surface area (Å²) in [7, 11) is 1.41. The predicted octanol–water partition coefficient (Wildman–Crippen LogP) is 2.01. The lowest BCUT2D eigenvalue weighted by atomic mass is 10.1. The topological polar surface area (TPSA) is 84.9 Å². The van der Waals surface area contributed by atoms with Gasteiger partial charge < -0.3 is 19.9 Å². The van der Waals surface area contributed by atoms with Gasteiger partial charge in [0.1, 0.15) is 6.67 Å². The number of carboxylic acids is 1. The summed E-state index contributed by atoms with van der Waals surface area (Å²) in [4.78, 5) is 22.7. The summed E-state index contributed by atoms with van der Waals surface area (Å²) < 4.78 is 23.5. The maximum Gasteiger partial charge on any atom is 0.328 e. The van der Waals surface area contributed by atoms with Crippen LogP contribution in [0, 0.1) is 0 Å². The van der Waals surface area contributed by atoms with Crippen LogP contribution >= 0.6 is 15.9 Å². The van der Waals surface area contributed by atoms with E-state index in [-0.39, 0.29) is 5.56 Å². The van der Waals surface area contributed by atoms with E-state index in [1.165, 1.54) is 19.2 Å². The molecule has 0 radical (unpaired) electrons. The minimum Gasteiger partial charge on any atom is -0.493 e. The normalized spacial score (nSPS) is 11.6. The summed E-state index contributed by atoms with van der Waals surface area (Å²) in [5, 5.41) is 10.8. The zero-order valence-corrected chi connectivity index (χ0v) is 13.1. The van der Waals surface area contributed by atoms with E-state index in [2.05, 4.69) is 21.2 Å². The Hall–Kier alpha value is -1.83. The van der Waals surface area contributed by atoms with Crippen molar-refractivity contribution in [2.45, 2.75) is 13.0 Å². The van der Waals surface area contributed by atoms with Crippen LogP contribution in [0.5, 0.6) is 11.5 Å². The number of ether oxygens (including phenoxy) is 2. The van der Waals surface area contributed by atoms with Crippen LogP contribution in [0.4, 0.5) is 4.39 Å². The molecular formula is C13H15BrFNO5. The van der Waals surface area contributed by atoms with Gasteiger partial charge in [-0.1, -0.05) is 0 Å². The summed E-state index contributed by atoms with van der Waals surface area (Å²) in [6, 6.07) is 1.25. The van der Waals surface area contributed by atoms with E-state index in [1.807, 2.05) is 0 Å². The number of carbonyl (C=O) groups excluding carboxylic acids is 1. The van der Waals surface area contributed by atoms with E-state index in [4.69, 9.17) is 14.6 Å². The van der Waals surface area contributed by atoms with Crippen molar-refractivity contribution in [1.29, 1.82) is 0 Å². The Bertz CT molecular complexity index is 538. The molecule has 0 aliphatic heterocycles. The van der Waals surface area contributed by atoms with Crippen molar-refractivity contribution in [3.63, 3.8) is 0 Å². The van der Waals surface area contributed by atoms with E-state index < -0.39 is 24.6 Å². The quantitative estimate of drug-likeness (QED) is 0.773. The van der Waals surface area contributed by atoms with Gasteiger partial charge in [0.15, 0.2) is 17.5 Å². The predicted molar refractivity (Wildman–Crippen MR) is 76.7 cm³/mol. The summed E-state index contributed by atoms with van der Waals surface area (Å²) in [6.45, 7) is 1.01. The van der Waals surface area contributed by atoms with Crippen LogP contribution in [-0.2, 0) is 4.79 Å². The summed E-state index contributed by atoms with van der Waals surface area (Å²) >= 11 is 3.24. The van der Waals surface area contributed by atoms with Crippen LogP contribution in [0.25, 0.3) is 0 Å². The standard InChI is InChI=1S/C13H15BrFNO5/c1-3-21-11-8(14)4-7(5-10(11)20-2)12(17)16-9(6-15)13(18)19/h4-5,9H,3,6H2,1-2H3,(H,16,17)(H,18,19). The highest BCUT2D eigenvalue weighted by atomic mass is 79.9. The molecule has 1 rings (SSSR count). The third kappa shape index (κ3) is 4.32. The third-order valence-electron chi connectivity index (χ3n) is 2.54. The fourth-order valence-electron chi connectivity index (χ4n) is 1.54. The fraction of sp³-hybridized carbons (Fsp3) is 0.385. The number of aliphatic carboxylic acids is 1. The average Bonchev–Trinajstić information content (AvgIpc) is 2.45. The zero-order chi connectivity index (χ0) is 16.0. The van der Waals surface area contributed by atoms with Crippen LogP contribution in [0.2, 0.25) is 0 Å². The minimum atomic E-state index is -1.59. The monoisotopic (exact) mass is 363 g/mol. The minimum absolute atomic E-state index is 0.127. The van der Waals surface area contributed by atoms with E-state index in [1.54, 1.807) is 6.92 Å². The molecule has 1 atom stereocenters. The van der Waals surface area contributed by atoms with Gasteiger partial charge in [0.05, 0.1) is 18.2 Å². The molecule has 0 spiro atoms. The Morgan fingerprint density at radius 2 is 2.14 bits per heavy atom. The number of rotatable bonds is 7. The molecule has 0 aliphatic rings. The number of halogens is 2. The van der Waals surface area contributed by atoms with Crippen LogP contribution in [-0.4, -0.2) is 43.4 Å². The van der Waals surface area contributed by atoms with Crippen molar-refractivity contribution >= 4 is 27.8 Å². The molecule has 0 bridgehead atoms. The smallest absolute Gasteiger partial charge is 0.328 e. The molecule has 6 nitrogen and oxygen atoms in total. The molecule has 0 saturated heterocycles. The molecule has 1 amide bonds. The number of hydrogen-bond donors (Lipinski definition) is 2. The Morgan fingerprint density at radius 3 is 2.62 bits per heavy atom. The molecule has 8 heteroatoms. The molecule has 0 aromatic heterocycles. The van der Waals surface area contributed by atoms with Gasteiger partial charge in [-0.15, -0.1) is 0 Å². The number of benzene rings is 1. The van der Waals surface area contributed by atoms with E-state index in [0.29, 0.717) is 22.6 Å². The summed E-state index contributed by atoms with van der Waals surface area (Å²) in [6.07, 6.45) is 0. The number of carboxylic acid groups (broad SMARTS) is 1. The molecule has 1 aromatic carbocycles. The lowest BCUT2D eigenvalue weighted by Gasteiger charge is -2.15. The third-order valence-corrected chi connectivity index (χ3v) is 3.13. The summed E-state index contributed by atoms with van der Waals surface area (Å²) in [5.74, 6) is -1.43. The van der Waals surface area contributed by atoms with E-state index in [9.17, 15) is 14.0 Å². The van der Waals surface area contributed by atoms with Crippen molar-refractivity contribution < 1.29 is 28.6 Å². The second-order valence-corrected chi connectivity index (χ2v) is 4.80. The molecule has 1 aromatic rings. The first kappa shape index (κ1) is 17.2. The maximum atomic E-state index is 12.5. The highest BCUT2D eigenvalue weighted by Gasteiger charge is 2.22. The van der Waals surface area contributed by atoms with Crippen molar-refractivity contribution in [1.82, 2.24) is 5.32 Å². The number of methoxy groups -OCH3 is 1. The van der Waals surface area contributed by atoms with Gasteiger partial charge in [-0.25, -0.2) is 9.18 Å². The van der Waals surface area contributed by atoms with Crippen molar-refractivity contribution in [3.8, 4) is 11.5 Å². The molecule has 0 heterocycles. The molecular weight excluding hydrogens is 349 g/mol. The number of carbonyl (C=O) groups is 2. The SMILES string of the molecule is CCOc1c(Br)cc(C(=O)NC(CF)C(=O)O)cc1OC. The largest absolute Gasteiger partial charge is 0.493 e. The van der Waals surface area contributed by atoms with Crippen LogP contribution < -0.4 is 14.8 Å². The number of nitrogens with one attached hydrogen (secondary N) is 1. The molecule has 0 saturated carbocycles. The number of alkyl halides is 1. The fourth-order valence-corrected chi connectivity index (χ4v) is 2.10. The zero-order valence-electron chi connectivity index (χ0n) is 11.5. The highest BCUT2D eigenvalue weighted by Crippen LogP contribution is 2.36. The first-order valence-corrected chi connectivity index (χ1v) is 6.83. The van der Waals surface area contributed by atoms with Crippen LogP contribution in [0.15, 0.2) is 16.6 Å². The van der Waals surface area contributed by atoms with Gasteiger partial charge in [0.25, 0.3) is 5.91 Å². The first-order valence-electron chi connectivity index (χ1n) is 6.04. The van der Waals surface area contributed by atoms with Gasteiger partial charge in [0.2, 0.25) is 0 Å². The lowest BCUT2D eigenvalue weighted by Crippen LogP contribution is -2.42. The summed E-state index contributed by atoms with van der Waals surface area (Å²) in [5.41, 5.74) is 0.127. The lowest BCUT2D eigenvalue weighted by molar-refractivity contribution is -0.139. The van der Waals surface area contributed by atoms with Crippen molar-refractivity contribution in [2.75, 3.05) is 20.4 Å². The molecule has 21 heavy (non-hydrogen) atoms. The maximum absolute atomic E-state index is 12.5. The Balaban J connectivity index is 3.05. The first-order chi connectivity index (χ1) is 9.94. The average molecular weight is 364 g/mol. The molecule has 0 fully saturated rings. The van der Waals surface area contributed by atoms with Crippen LogP contribution in [0.1, 0.15) is 17.3 Å². The van der Waals surface area contributed by atoms with Gasteiger partial charge in [-0.2, -0.15) is 0 Å². The molecule has 116 valence electrons. The second kappa shape index (κ2) is 7.82. The van der Waals surface area contributed by atoms with Crippen LogP contribution in [0.3, 0.4) is 0 Å². The second-order valence-electron chi connectivity index (χ2n) is 3.94. The Morgan fingerprint density at radius 1 is 1.48 bits per heavy atom. The van der Waals surface area contributed by atoms with E-state index >= 15 is 0 Å². The van der Waals surface area contributed by atoms with Gasteiger partial charge >= 0.3 is 5.97 Å². The Labute approximate surface area is 129 Å². The van der Waals surface area contributed by atoms with E-state index in [0.717, 1.165) is 0 Å². The van der Waals surface area contributed by atoms with Gasteiger partial charge in [-0.05, 0) is 35.0 Å². The van der Waals surface area contributed by atoms with Gasteiger partial charge in [0, 0.05) is 5.56 Å². The number of amides is 1. The van der Waals surface area contributed by atoms with Crippen molar-refractivity contribution in [2.24, 2.45) is 0 Å². The number of hydrogen-bond acceptors (Lipinski definition) is 4. The van der Waals surface area contributed by atoms with Crippen molar-refractivity contribution in [3.05, 3.63) is 22.2 Å². The Kier molecular flexibility index (Phi) is 6.41. The molecule has 1 unspecified atom stereocenters. The molecule has 2 N–H and O–H groups in total. The van der Waals surface area contributed by atoms with Gasteiger partial charge in [-0.3, -0.25) is 4.79 Å². The highest BCUT2D eigenvalue weighted by molar-refractivity contribution is 9.10.